The Morgan fingerprint density at radius 3 is 2.78 bits per heavy atom. The van der Waals surface area contributed by atoms with Gasteiger partial charge in [-0.3, -0.25) is 9.48 Å². The second kappa shape index (κ2) is 10.3. The summed E-state index contributed by atoms with van der Waals surface area (Å²) in [5.74, 6) is 1.11. The van der Waals surface area contributed by atoms with Gasteiger partial charge >= 0.3 is 0 Å². The Hall–Kier alpha value is -3.43. The SMILES string of the molecule is CC(C)Oc1c(C(=O)N[C@H]2CCOC[C@@H]2O)cc(Cc2ccc(-c3cn(C)nn3)cc2)c2c1CCO2. The molecule has 1 aromatic heterocycles. The van der Waals surface area contributed by atoms with E-state index in [2.05, 4.69) is 27.8 Å². The van der Waals surface area contributed by atoms with Gasteiger partial charge in [0.25, 0.3) is 5.91 Å². The van der Waals surface area contributed by atoms with Crippen molar-refractivity contribution in [3.63, 3.8) is 0 Å². The van der Waals surface area contributed by atoms with E-state index in [4.69, 9.17) is 14.2 Å². The fourth-order valence-corrected chi connectivity index (χ4v) is 4.73. The topological polar surface area (TPSA) is 108 Å². The highest BCUT2D eigenvalue weighted by Gasteiger charge is 2.31. The quantitative estimate of drug-likeness (QED) is 0.522. The smallest absolute Gasteiger partial charge is 0.255 e. The third kappa shape index (κ3) is 5.08. The van der Waals surface area contributed by atoms with Crippen LogP contribution in [0, 0.1) is 0 Å². The number of aryl methyl sites for hydroxylation is 1. The van der Waals surface area contributed by atoms with Gasteiger partial charge in [-0.1, -0.05) is 29.5 Å². The first kappa shape index (κ1) is 24.3. The van der Waals surface area contributed by atoms with E-state index in [1.807, 2.05) is 45.3 Å². The first-order valence-corrected chi connectivity index (χ1v) is 12.4. The minimum Gasteiger partial charge on any atom is -0.493 e. The average molecular weight is 493 g/mol. The van der Waals surface area contributed by atoms with Crippen molar-refractivity contribution in [2.45, 2.75) is 51.4 Å². The summed E-state index contributed by atoms with van der Waals surface area (Å²) in [7, 11) is 1.84. The first-order valence-electron chi connectivity index (χ1n) is 12.4. The van der Waals surface area contributed by atoms with Gasteiger partial charge < -0.3 is 24.6 Å². The van der Waals surface area contributed by atoms with E-state index in [1.54, 1.807) is 4.68 Å². The number of rotatable bonds is 7. The molecule has 9 nitrogen and oxygen atoms in total. The van der Waals surface area contributed by atoms with E-state index >= 15 is 0 Å². The summed E-state index contributed by atoms with van der Waals surface area (Å²) in [6.07, 6.45) is 2.88. The van der Waals surface area contributed by atoms with Crippen LogP contribution in [0.2, 0.25) is 0 Å². The van der Waals surface area contributed by atoms with Crippen LogP contribution in [-0.2, 0) is 24.6 Å². The monoisotopic (exact) mass is 492 g/mol. The first-order chi connectivity index (χ1) is 17.4. The van der Waals surface area contributed by atoms with Gasteiger partial charge in [0.2, 0.25) is 0 Å². The van der Waals surface area contributed by atoms with Crippen LogP contribution in [0.15, 0.2) is 36.5 Å². The van der Waals surface area contributed by atoms with Crippen LogP contribution in [0.4, 0.5) is 0 Å². The molecular weight excluding hydrogens is 460 g/mol. The van der Waals surface area contributed by atoms with Crippen molar-refractivity contribution in [3.8, 4) is 22.8 Å². The van der Waals surface area contributed by atoms with Crippen molar-refractivity contribution in [2.75, 3.05) is 19.8 Å². The fraction of sp³-hybridized carbons (Fsp3) is 0.444. The van der Waals surface area contributed by atoms with Gasteiger partial charge in [0.15, 0.2) is 0 Å². The van der Waals surface area contributed by atoms with Crippen LogP contribution in [0.5, 0.6) is 11.5 Å². The molecule has 0 bridgehead atoms. The molecule has 1 saturated heterocycles. The fourth-order valence-electron chi connectivity index (χ4n) is 4.73. The van der Waals surface area contributed by atoms with E-state index in [0.29, 0.717) is 43.8 Å². The molecule has 36 heavy (non-hydrogen) atoms. The number of hydrogen-bond acceptors (Lipinski definition) is 7. The maximum Gasteiger partial charge on any atom is 0.255 e. The van der Waals surface area contributed by atoms with Crippen LogP contribution in [0.25, 0.3) is 11.3 Å². The molecule has 190 valence electrons. The van der Waals surface area contributed by atoms with E-state index in [9.17, 15) is 9.90 Å². The number of hydrogen-bond donors (Lipinski definition) is 2. The summed E-state index contributed by atoms with van der Waals surface area (Å²) in [5, 5.41) is 21.5. The minimum atomic E-state index is -0.734. The molecule has 2 aromatic carbocycles. The lowest BCUT2D eigenvalue weighted by Gasteiger charge is -2.29. The highest BCUT2D eigenvalue weighted by Crippen LogP contribution is 2.41. The molecule has 0 saturated carbocycles. The maximum atomic E-state index is 13.5. The van der Waals surface area contributed by atoms with Crippen LogP contribution in [-0.4, -0.2) is 64.1 Å². The molecule has 1 fully saturated rings. The second-order valence-electron chi connectivity index (χ2n) is 9.65. The Labute approximate surface area is 210 Å². The van der Waals surface area contributed by atoms with Gasteiger partial charge in [-0.25, -0.2) is 0 Å². The van der Waals surface area contributed by atoms with Crippen LogP contribution in [0.3, 0.4) is 0 Å². The zero-order valence-electron chi connectivity index (χ0n) is 20.9. The number of carbonyl (C=O) groups is 1. The Morgan fingerprint density at radius 1 is 1.28 bits per heavy atom. The molecule has 5 rings (SSSR count). The number of fused-ring (bicyclic) bond motifs is 1. The van der Waals surface area contributed by atoms with E-state index in [1.165, 1.54) is 0 Å². The van der Waals surface area contributed by atoms with Crippen molar-refractivity contribution in [1.82, 2.24) is 20.3 Å². The van der Waals surface area contributed by atoms with Gasteiger partial charge in [-0.2, -0.15) is 0 Å². The van der Waals surface area contributed by atoms with E-state index in [-0.39, 0.29) is 24.7 Å². The summed E-state index contributed by atoms with van der Waals surface area (Å²) in [6.45, 7) is 5.16. The lowest BCUT2D eigenvalue weighted by Crippen LogP contribution is -2.48. The summed E-state index contributed by atoms with van der Waals surface area (Å²) >= 11 is 0. The predicted octanol–water partition coefficient (Wildman–Crippen LogP) is 2.67. The van der Waals surface area contributed by atoms with Crippen LogP contribution >= 0.6 is 0 Å². The molecule has 0 spiro atoms. The van der Waals surface area contributed by atoms with Gasteiger partial charge in [-0.15, -0.1) is 5.10 Å². The summed E-state index contributed by atoms with van der Waals surface area (Å²) < 4.78 is 19.2. The van der Waals surface area contributed by atoms with E-state index < -0.39 is 6.10 Å². The zero-order chi connectivity index (χ0) is 25.2. The number of aromatic nitrogens is 3. The van der Waals surface area contributed by atoms with Gasteiger partial charge in [-0.05, 0) is 37.5 Å². The predicted molar refractivity (Wildman–Crippen MR) is 133 cm³/mol. The second-order valence-corrected chi connectivity index (χ2v) is 9.65. The lowest BCUT2D eigenvalue weighted by molar-refractivity contribution is -0.0261. The van der Waals surface area contributed by atoms with Crippen molar-refractivity contribution >= 4 is 5.91 Å². The van der Waals surface area contributed by atoms with E-state index in [0.717, 1.165) is 33.7 Å². The molecule has 2 aliphatic rings. The highest BCUT2D eigenvalue weighted by atomic mass is 16.5. The highest BCUT2D eigenvalue weighted by molar-refractivity contribution is 5.98. The lowest BCUT2D eigenvalue weighted by atomic mass is 9.95. The molecule has 9 heteroatoms. The van der Waals surface area contributed by atoms with Crippen LogP contribution < -0.4 is 14.8 Å². The largest absolute Gasteiger partial charge is 0.493 e. The third-order valence-corrected chi connectivity index (χ3v) is 6.49. The number of carbonyl (C=O) groups excluding carboxylic acids is 1. The van der Waals surface area contributed by atoms with Crippen LogP contribution in [0.1, 0.15) is 47.3 Å². The van der Waals surface area contributed by atoms with Gasteiger partial charge in [0.05, 0.1) is 43.2 Å². The average Bonchev–Trinajstić information content (AvgIpc) is 3.52. The molecule has 3 heterocycles. The Bertz CT molecular complexity index is 1240. The Morgan fingerprint density at radius 2 is 2.08 bits per heavy atom. The molecule has 1 amide bonds. The minimum absolute atomic E-state index is 0.102. The van der Waals surface area contributed by atoms with Gasteiger partial charge in [0, 0.05) is 37.6 Å². The normalized spacial score (nSPS) is 19.1. The molecule has 2 aliphatic heterocycles. The number of aliphatic hydroxyl groups is 1. The number of aliphatic hydroxyl groups excluding tert-OH is 1. The maximum absolute atomic E-state index is 13.5. The number of ether oxygens (including phenoxy) is 3. The summed E-state index contributed by atoms with van der Waals surface area (Å²) in [6, 6.07) is 9.68. The Balaban J connectivity index is 1.46. The summed E-state index contributed by atoms with van der Waals surface area (Å²) in [4.78, 5) is 13.5. The standard InChI is InChI=1S/C27H32N4O5/c1-16(2)36-26-20-8-11-35-25(20)19(13-21(26)27(33)28-22-9-10-34-15-24(22)32)12-17-4-6-18(7-5-17)23-14-31(3)30-29-23/h4-7,13-14,16,22,24,32H,8-12,15H2,1-3H3,(H,28,33)/t22-,24-/m0/s1. The number of nitrogens with zero attached hydrogens (tertiary/aromatic N) is 3. The van der Waals surface area contributed by atoms with Crippen molar-refractivity contribution in [1.29, 1.82) is 0 Å². The number of amides is 1. The molecule has 0 aliphatic carbocycles. The zero-order valence-corrected chi connectivity index (χ0v) is 20.9. The number of nitrogens with one attached hydrogen (secondary N) is 1. The van der Waals surface area contributed by atoms with Gasteiger partial charge in [0.1, 0.15) is 17.2 Å². The molecule has 3 aromatic rings. The molecule has 2 N–H and O–H groups in total. The van der Waals surface area contributed by atoms with Crippen molar-refractivity contribution in [3.05, 3.63) is 58.8 Å². The molecular formula is C27H32N4O5. The number of benzene rings is 2. The third-order valence-electron chi connectivity index (χ3n) is 6.49. The Kier molecular flexibility index (Phi) is 6.93. The molecule has 2 atom stereocenters. The summed E-state index contributed by atoms with van der Waals surface area (Å²) in [5.41, 5.74) is 5.22. The van der Waals surface area contributed by atoms with Crippen molar-refractivity contribution < 1.29 is 24.1 Å². The molecule has 0 radical (unpaired) electrons. The van der Waals surface area contributed by atoms with Crippen molar-refractivity contribution in [2.24, 2.45) is 7.05 Å². The molecule has 0 unspecified atom stereocenters.